The maximum Gasteiger partial charge on any atom is 0.191 e. The first-order valence-electron chi connectivity index (χ1n) is 8.13. The van der Waals surface area contributed by atoms with Crippen molar-refractivity contribution >= 4 is 5.96 Å². The molecule has 0 heterocycles. The van der Waals surface area contributed by atoms with E-state index in [1.807, 2.05) is 31.2 Å². The van der Waals surface area contributed by atoms with Gasteiger partial charge in [-0.25, -0.2) is 9.38 Å². The molecule has 0 amide bonds. The van der Waals surface area contributed by atoms with Crippen LogP contribution >= 0.6 is 0 Å². The van der Waals surface area contributed by atoms with Gasteiger partial charge in [-0.2, -0.15) is 0 Å². The van der Waals surface area contributed by atoms with Gasteiger partial charge >= 0.3 is 0 Å². The zero-order valence-corrected chi connectivity index (χ0v) is 14.8. The molecule has 0 unspecified atom stereocenters. The van der Waals surface area contributed by atoms with Gasteiger partial charge in [-0.3, -0.25) is 0 Å². The SMILES string of the molecule is CCNC(=NCc1cccc(F)c1)NCc1ccc(OC)c(OC)c1. The fourth-order valence-corrected chi connectivity index (χ4v) is 2.32. The van der Waals surface area contributed by atoms with E-state index in [0.29, 0.717) is 30.5 Å². The molecule has 134 valence electrons. The average molecular weight is 345 g/mol. The lowest BCUT2D eigenvalue weighted by atomic mass is 10.2. The molecule has 0 saturated carbocycles. The van der Waals surface area contributed by atoms with Gasteiger partial charge in [0.05, 0.1) is 20.8 Å². The Morgan fingerprint density at radius 2 is 1.80 bits per heavy atom. The third kappa shape index (κ3) is 5.67. The van der Waals surface area contributed by atoms with E-state index in [-0.39, 0.29) is 5.82 Å². The van der Waals surface area contributed by atoms with Crippen molar-refractivity contribution in [2.45, 2.75) is 20.0 Å². The topological polar surface area (TPSA) is 54.9 Å². The number of halogens is 1. The van der Waals surface area contributed by atoms with Crippen molar-refractivity contribution in [3.05, 3.63) is 59.4 Å². The van der Waals surface area contributed by atoms with E-state index in [1.165, 1.54) is 12.1 Å². The van der Waals surface area contributed by atoms with Crippen LogP contribution in [0.2, 0.25) is 0 Å². The molecule has 6 heteroatoms. The summed E-state index contributed by atoms with van der Waals surface area (Å²) in [5.41, 5.74) is 1.86. The van der Waals surface area contributed by atoms with Crippen molar-refractivity contribution in [2.24, 2.45) is 4.99 Å². The van der Waals surface area contributed by atoms with Crippen LogP contribution in [0.25, 0.3) is 0 Å². The highest BCUT2D eigenvalue weighted by Crippen LogP contribution is 2.27. The van der Waals surface area contributed by atoms with Crippen molar-refractivity contribution in [1.29, 1.82) is 0 Å². The van der Waals surface area contributed by atoms with Gasteiger partial charge in [-0.1, -0.05) is 18.2 Å². The minimum Gasteiger partial charge on any atom is -0.493 e. The maximum atomic E-state index is 13.2. The summed E-state index contributed by atoms with van der Waals surface area (Å²) < 4.78 is 23.8. The van der Waals surface area contributed by atoms with E-state index in [9.17, 15) is 4.39 Å². The normalized spacial score (nSPS) is 11.1. The van der Waals surface area contributed by atoms with Gasteiger partial charge in [-0.15, -0.1) is 0 Å². The summed E-state index contributed by atoms with van der Waals surface area (Å²) in [6, 6.07) is 12.2. The van der Waals surface area contributed by atoms with Gasteiger partial charge < -0.3 is 20.1 Å². The summed E-state index contributed by atoms with van der Waals surface area (Å²) in [4.78, 5) is 4.49. The van der Waals surface area contributed by atoms with Crippen molar-refractivity contribution in [1.82, 2.24) is 10.6 Å². The van der Waals surface area contributed by atoms with Gasteiger partial charge in [0.25, 0.3) is 0 Å². The lowest BCUT2D eigenvalue weighted by Crippen LogP contribution is -2.36. The second kappa shape index (κ2) is 9.52. The van der Waals surface area contributed by atoms with Crippen LogP contribution in [-0.2, 0) is 13.1 Å². The van der Waals surface area contributed by atoms with E-state index < -0.39 is 0 Å². The molecule has 0 aliphatic carbocycles. The van der Waals surface area contributed by atoms with Gasteiger partial charge in [0.1, 0.15) is 5.82 Å². The fourth-order valence-electron chi connectivity index (χ4n) is 2.32. The molecule has 2 aromatic carbocycles. The monoisotopic (exact) mass is 345 g/mol. The highest BCUT2D eigenvalue weighted by atomic mass is 19.1. The van der Waals surface area contributed by atoms with Crippen LogP contribution in [0.5, 0.6) is 11.5 Å². The molecule has 25 heavy (non-hydrogen) atoms. The van der Waals surface area contributed by atoms with Crippen molar-refractivity contribution < 1.29 is 13.9 Å². The molecule has 0 radical (unpaired) electrons. The third-order valence-corrected chi connectivity index (χ3v) is 3.56. The number of benzene rings is 2. The second-order valence-corrected chi connectivity index (χ2v) is 5.37. The van der Waals surface area contributed by atoms with E-state index in [0.717, 1.165) is 17.7 Å². The van der Waals surface area contributed by atoms with E-state index in [4.69, 9.17) is 9.47 Å². The summed E-state index contributed by atoms with van der Waals surface area (Å²) in [6.07, 6.45) is 0. The summed E-state index contributed by atoms with van der Waals surface area (Å²) in [5, 5.41) is 6.44. The lowest BCUT2D eigenvalue weighted by molar-refractivity contribution is 0.354. The number of hydrogen-bond donors (Lipinski definition) is 2. The molecule has 0 saturated heterocycles. The summed E-state index contributed by atoms with van der Waals surface area (Å²) >= 11 is 0. The number of methoxy groups -OCH3 is 2. The summed E-state index contributed by atoms with van der Waals surface area (Å²) in [7, 11) is 3.22. The predicted molar refractivity (Wildman–Crippen MR) is 97.6 cm³/mol. The summed E-state index contributed by atoms with van der Waals surface area (Å²) in [5.74, 6) is 1.79. The highest BCUT2D eigenvalue weighted by Gasteiger charge is 2.05. The second-order valence-electron chi connectivity index (χ2n) is 5.37. The lowest BCUT2D eigenvalue weighted by Gasteiger charge is -2.13. The van der Waals surface area contributed by atoms with E-state index >= 15 is 0 Å². The smallest absolute Gasteiger partial charge is 0.191 e. The zero-order valence-electron chi connectivity index (χ0n) is 14.8. The largest absolute Gasteiger partial charge is 0.493 e. The Balaban J connectivity index is 2.02. The number of nitrogens with one attached hydrogen (secondary N) is 2. The van der Waals surface area contributed by atoms with Crippen molar-refractivity contribution in [2.75, 3.05) is 20.8 Å². The molecule has 0 aliphatic rings. The first kappa shape index (κ1) is 18.6. The van der Waals surface area contributed by atoms with Crippen molar-refractivity contribution in [3.63, 3.8) is 0 Å². The molecule has 0 aromatic heterocycles. The van der Waals surface area contributed by atoms with Crippen molar-refractivity contribution in [3.8, 4) is 11.5 Å². The minimum absolute atomic E-state index is 0.254. The Hall–Kier alpha value is -2.76. The Kier molecular flexibility index (Phi) is 7.07. The molecule has 2 N–H and O–H groups in total. The van der Waals surface area contributed by atoms with Crippen LogP contribution in [0.15, 0.2) is 47.5 Å². The fraction of sp³-hybridized carbons (Fsp3) is 0.316. The molecule has 0 spiro atoms. The highest BCUT2D eigenvalue weighted by molar-refractivity contribution is 5.79. The number of guanidine groups is 1. The Morgan fingerprint density at radius 3 is 2.48 bits per heavy atom. The molecular weight excluding hydrogens is 321 g/mol. The third-order valence-electron chi connectivity index (χ3n) is 3.56. The van der Waals surface area contributed by atoms with Crippen LogP contribution in [-0.4, -0.2) is 26.7 Å². The Morgan fingerprint density at radius 1 is 1.00 bits per heavy atom. The first-order valence-corrected chi connectivity index (χ1v) is 8.13. The average Bonchev–Trinajstić information content (AvgIpc) is 2.63. The first-order chi connectivity index (χ1) is 12.2. The predicted octanol–water partition coefficient (Wildman–Crippen LogP) is 3.10. The molecule has 0 fully saturated rings. The Bertz CT molecular complexity index is 720. The molecule has 0 bridgehead atoms. The van der Waals surface area contributed by atoms with Gasteiger partial charge in [-0.05, 0) is 42.3 Å². The van der Waals surface area contributed by atoms with Gasteiger partial charge in [0, 0.05) is 13.1 Å². The number of nitrogens with zero attached hydrogens (tertiary/aromatic N) is 1. The van der Waals surface area contributed by atoms with Crippen LogP contribution in [0.4, 0.5) is 4.39 Å². The number of hydrogen-bond acceptors (Lipinski definition) is 3. The van der Waals surface area contributed by atoms with E-state index in [1.54, 1.807) is 20.3 Å². The van der Waals surface area contributed by atoms with Crippen LogP contribution in [0.1, 0.15) is 18.1 Å². The quantitative estimate of drug-likeness (QED) is 0.598. The minimum atomic E-state index is -0.254. The van der Waals surface area contributed by atoms with Crippen LogP contribution in [0, 0.1) is 5.82 Å². The van der Waals surface area contributed by atoms with Gasteiger partial charge in [0.2, 0.25) is 0 Å². The number of rotatable bonds is 7. The van der Waals surface area contributed by atoms with Gasteiger partial charge in [0.15, 0.2) is 17.5 Å². The Labute approximate surface area is 147 Å². The molecule has 2 rings (SSSR count). The standard InChI is InChI=1S/C19H24FN3O2/c1-4-21-19(22-12-14-6-5-7-16(20)10-14)23-13-15-8-9-17(24-2)18(11-15)25-3/h5-11H,4,12-13H2,1-3H3,(H2,21,22,23). The number of aliphatic imine (C=N–C) groups is 1. The van der Waals surface area contributed by atoms with Crippen LogP contribution in [0.3, 0.4) is 0 Å². The van der Waals surface area contributed by atoms with Crippen LogP contribution < -0.4 is 20.1 Å². The molecule has 5 nitrogen and oxygen atoms in total. The molecule has 2 aromatic rings. The maximum absolute atomic E-state index is 13.2. The number of ether oxygens (including phenoxy) is 2. The van der Waals surface area contributed by atoms with E-state index in [2.05, 4.69) is 15.6 Å². The zero-order chi connectivity index (χ0) is 18.1. The molecule has 0 atom stereocenters. The summed E-state index contributed by atoms with van der Waals surface area (Å²) in [6.45, 7) is 3.71. The molecular formula is C19H24FN3O2. The molecule has 0 aliphatic heterocycles.